The number of ether oxygens (including phenoxy) is 1. The highest BCUT2D eigenvalue weighted by Crippen LogP contribution is 2.31. The van der Waals surface area contributed by atoms with Crippen molar-refractivity contribution in [1.29, 1.82) is 0 Å². The fourth-order valence-corrected chi connectivity index (χ4v) is 3.99. The summed E-state index contributed by atoms with van der Waals surface area (Å²) < 4.78 is 5.60. The van der Waals surface area contributed by atoms with Crippen molar-refractivity contribution >= 4 is 0 Å². The van der Waals surface area contributed by atoms with E-state index in [0.717, 1.165) is 18.8 Å². The standard InChI is InChI=1S/C23H32N2O/c1-17(2)18-12-13-21(26-4)19(15-18)16-24-22-11-8-14-25-23(22,3)20-9-6-5-7-10-20/h5-7,9-10,12-13,15,17,22,24-25H,8,11,14,16H2,1-4H3. The number of piperidine rings is 1. The molecule has 2 aromatic carbocycles. The highest BCUT2D eigenvalue weighted by Gasteiger charge is 2.37. The predicted molar refractivity (Wildman–Crippen MR) is 109 cm³/mol. The molecule has 0 spiro atoms. The Morgan fingerprint density at radius 3 is 2.65 bits per heavy atom. The second-order valence-corrected chi connectivity index (χ2v) is 7.80. The summed E-state index contributed by atoms with van der Waals surface area (Å²) in [6.07, 6.45) is 2.37. The van der Waals surface area contributed by atoms with Gasteiger partial charge in [-0.25, -0.2) is 0 Å². The first-order valence-corrected chi connectivity index (χ1v) is 9.75. The first kappa shape index (κ1) is 18.9. The lowest BCUT2D eigenvalue weighted by Crippen LogP contribution is -2.58. The van der Waals surface area contributed by atoms with Gasteiger partial charge >= 0.3 is 0 Å². The zero-order valence-corrected chi connectivity index (χ0v) is 16.5. The van der Waals surface area contributed by atoms with E-state index in [1.54, 1.807) is 7.11 Å². The Morgan fingerprint density at radius 1 is 1.19 bits per heavy atom. The van der Waals surface area contributed by atoms with E-state index in [-0.39, 0.29) is 5.54 Å². The van der Waals surface area contributed by atoms with E-state index in [0.29, 0.717) is 12.0 Å². The summed E-state index contributed by atoms with van der Waals surface area (Å²) in [6.45, 7) is 8.67. The fourth-order valence-electron chi connectivity index (χ4n) is 3.99. The molecular formula is C23H32N2O. The topological polar surface area (TPSA) is 33.3 Å². The van der Waals surface area contributed by atoms with Gasteiger partial charge in [0.15, 0.2) is 0 Å². The summed E-state index contributed by atoms with van der Waals surface area (Å²) in [7, 11) is 1.75. The van der Waals surface area contributed by atoms with E-state index in [1.165, 1.54) is 29.5 Å². The molecule has 0 bridgehead atoms. The Hall–Kier alpha value is -1.84. The molecule has 3 nitrogen and oxygen atoms in total. The van der Waals surface area contributed by atoms with Gasteiger partial charge in [0.25, 0.3) is 0 Å². The molecule has 1 aliphatic heterocycles. The largest absolute Gasteiger partial charge is 0.496 e. The van der Waals surface area contributed by atoms with Crippen LogP contribution in [-0.4, -0.2) is 19.7 Å². The molecule has 2 atom stereocenters. The van der Waals surface area contributed by atoms with Gasteiger partial charge in [-0.3, -0.25) is 0 Å². The van der Waals surface area contributed by atoms with Crippen LogP contribution in [-0.2, 0) is 12.1 Å². The van der Waals surface area contributed by atoms with Crippen molar-refractivity contribution in [3.8, 4) is 5.75 Å². The van der Waals surface area contributed by atoms with Crippen molar-refractivity contribution < 1.29 is 4.74 Å². The monoisotopic (exact) mass is 352 g/mol. The molecule has 0 amide bonds. The van der Waals surface area contributed by atoms with Crippen LogP contribution in [0.4, 0.5) is 0 Å². The van der Waals surface area contributed by atoms with Crippen LogP contribution in [0.3, 0.4) is 0 Å². The van der Waals surface area contributed by atoms with E-state index in [1.807, 2.05) is 0 Å². The lowest BCUT2D eigenvalue weighted by molar-refractivity contribution is 0.201. The summed E-state index contributed by atoms with van der Waals surface area (Å²) in [5.41, 5.74) is 3.89. The third kappa shape index (κ3) is 3.94. The SMILES string of the molecule is COc1ccc(C(C)C)cc1CNC1CCCNC1(C)c1ccccc1. The summed E-state index contributed by atoms with van der Waals surface area (Å²) in [5, 5.41) is 7.59. The van der Waals surface area contributed by atoms with Crippen molar-refractivity contribution in [2.75, 3.05) is 13.7 Å². The average molecular weight is 353 g/mol. The van der Waals surface area contributed by atoms with Crippen molar-refractivity contribution in [3.05, 3.63) is 65.2 Å². The molecule has 3 rings (SSSR count). The predicted octanol–water partition coefficient (Wildman–Crippen LogP) is 4.58. The molecule has 3 heteroatoms. The van der Waals surface area contributed by atoms with E-state index in [9.17, 15) is 0 Å². The Morgan fingerprint density at radius 2 is 1.96 bits per heavy atom. The smallest absolute Gasteiger partial charge is 0.123 e. The molecule has 2 aromatic rings. The van der Waals surface area contributed by atoms with E-state index < -0.39 is 0 Å². The van der Waals surface area contributed by atoms with Gasteiger partial charge in [-0.15, -0.1) is 0 Å². The van der Waals surface area contributed by atoms with Crippen molar-refractivity contribution in [3.63, 3.8) is 0 Å². The summed E-state index contributed by atoms with van der Waals surface area (Å²) in [6, 6.07) is 17.7. The first-order chi connectivity index (χ1) is 12.5. The number of hydrogen-bond acceptors (Lipinski definition) is 3. The van der Waals surface area contributed by atoms with Gasteiger partial charge in [0, 0.05) is 18.2 Å². The van der Waals surface area contributed by atoms with Crippen LogP contribution in [0.15, 0.2) is 48.5 Å². The minimum atomic E-state index is -0.0532. The van der Waals surface area contributed by atoms with Gasteiger partial charge in [-0.1, -0.05) is 56.3 Å². The van der Waals surface area contributed by atoms with Crippen molar-refractivity contribution in [2.45, 2.75) is 57.7 Å². The third-order valence-electron chi connectivity index (χ3n) is 5.74. The van der Waals surface area contributed by atoms with Gasteiger partial charge in [0.2, 0.25) is 0 Å². The van der Waals surface area contributed by atoms with E-state index in [4.69, 9.17) is 4.74 Å². The maximum absolute atomic E-state index is 5.60. The number of hydrogen-bond donors (Lipinski definition) is 2. The van der Waals surface area contributed by atoms with Gasteiger partial charge < -0.3 is 15.4 Å². The molecule has 26 heavy (non-hydrogen) atoms. The molecule has 2 N–H and O–H groups in total. The lowest BCUT2D eigenvalue weighted by Gasteiger charge is -2.43. The minimum absolute atomic E-state index is 0.0532. The maximum atomic E-state index is 5.60. The lowest BCUT2D eigenvalue weighted by atomic mass is 9.79. The summed E-state index contributed by atoms with van der Waals surface area (Å²) in [5.74, 6) is 1.48. The molecule has 1 saturated heterocycles. The maximum Gasteiger partial charge on any atom is 0.123 e. The Kier molecular flexibility index (Phi) is 6.00. The molecule has 0 radical (unpaired) electrons. The molecule has 0 saturated carbocycles. The molecule has 1 aliphatic rings. The summed E-state index contributed by atoms with van der Waals surface area (Å²) >= 11 is 0. The molecule has 1 fully saturated rings. The van der Waals surface area contributed by atoms with Crippen LogP contribution >= 0.6 is 0 Å². The Balaban J connectivity index is 1.80. The van der Waals surface area contributed by atoms with E-state index in [2.05, 4.69) is 79.9 Å². The van der Waals surface area contributed by atoms with Crippen molar-refractivity contribution in [1.82, 2.24) is 10.6 Å². The van der Waals surface area contributed by atoms with Crippen molar-refractivity contribution in [2.24, 2.45) is 0 Å². The summed E-state index contributed by atoms with van der Waals surface area (Å²) in [4.78, 5) is 0. The number of benzene rings is 2. The van der Waals surface area contributed by atoms with Crippen LogP contribution in [0.5, 0.6) is 5.75 Å². The molecule has 1 heterocycles. The molecule has 0 aliphatic carbocycles. The minimum Gasteiger partial charge on any atom is -0.496 e. The van der Waals surface area contributed by atoms with Crippen LogP contribution in [0.2, 0.25) is 0 Å². The van der Waals surface area contributed by atoms with Crippen LogP contribution in [0.1, 0.15) is 56.2 Å². The second-order valence-electron chi connectivity index (χ2n) is 7.80. The number of nitrogens with one attached hydrogen (secondary N) is 2. The quantitative estimate of drug-likeness (QED) is 0.798. The molecule has 0 aromatic heterocycles. The van der Waals surface area contributed by atoms with Gasteiger partial charge in [-0.05, 0) is 49.4 Å². The van der Waals surface area contributed by atoms with Gasteiger partial charge in [0.1, 0.15) is 5.75 Å². The molecule has 140 valence electrons. The zero-order chi connectivity index (χ0) is 18.6. The number of rotatable bonds is 6. The number of methoxy groups -OCH3 is 1. The molecular weight excluding hydrogens is 320 g/mol. The fraction of sp³-hybridized carbons (Fsp3) is 0.478. The van der Waals surface area contributed by atoms with Gasteiger partial charge in [-0.2, -0.15) is 0 Å². The highest BCUT2D eigenvalue weighted by molar-refractivity contribution is 5.38. The Labute approximate surface area is 158 Å². The zero-order valence-electron chi connectivity index (χ0n) is 16.5. The van der Waals surface area contributed by atoms with E-state index >= 15 is 0 Å². The second kappa shape index (κ2) is 8.24. The van der Waals surface area contributed by atoms with Crippen LogP contribution < -0.4 is 15.4 Å². The molecule has 2 unspecified atom stereocenters. The third-order valence-corrected chi connectivity index (χ3v) is 5.74. The van der Waals surface area contributed by atoms with Crippen LogP contribution in [0, 0.1) is 0 Å². The average Bonchev–Trinajstić information content (AvgIpc) is 2.67. The first-order valence-electron chi connectivity index (χ1n) is 9.75. The highest BCUT2D eigenvalue weighted by atomic mass is 16.5. The Bertz CT molecular complexity index is 713. The normalized spacial score (nSPS) is 23.2. The van der Waals surface area contributed by atoms with Crippen LogP contribution in [0.25, 0.3) is 0 Å². The van der Waals surface area contributed by atoms with Gasteiger partial charge in [0.05, 0.1) is 12.6 Å².